The number of benzene rings is 3. The lowest BCUT2D eigenvalue weighted by Crippen LogP contribution is -2.23. The highest BCUT2D eigenvalue weighted by Gasteiger charge is 2.07. The number of hydrogen-bond acceptors (Lipinski definition) is 2. The molecule has 0 spiro atoms. The predicted octanol–water partition coefficient (Wildman–Crippen LogP) is 5.04. The van der Waals surface area contributed by atoms with E-state index in [4.69, 9.17) is 12.2 Å². The fraction of sp³-hybridized carbons (Fsp3) is 0.130. The van der Waals surface area contributed by atoms with Gasteiger partial charge in [0.05, 0.1) is 0 Å². The third-order valence-electron chi connectivity index (χ3n) is 4.44. The molecule has 4 nitrogen and oxygen atoms in total. The number of aryl methyl sites for hydroxylation is 2. The highest BCUT2D eigenvalue weighted by molar-refractivity contribution is 7.80. The van der Waals surface area contributed by atoms with Crippen molar-refractivity contribution in [1.29, 1.82) is 0 Å². The van der Waals surface area contributed by atoms with Gasteiger partial charge in [0.2, 0.25) is 0 Å². The summed E-state index contributed by atoms with van der Waals surface area (Å²) in [7, 11) is 0. The van der Waals surface area contributed by atoms with Crippen molar-refractivity contribution < 1.29 is 4.79 Å². The molecule has 0 radical (unpaired) electrons. The van der Waals surface area contributed by atoms with Crippen LogP contribution in [-0.2, 0) is 6.54 Å². The van der Waals surface area contributed by atoms with Crippen LogP contribution in [0.25, 0.3) is 0 Å². The number of carbonyl (C=O) groups is 1. The SMILES string of the molecule is Cc1ccc(NC(=S)Nc2cccc(C(=O)NCc3ccccc3)c2)cc1C. The van der Waals surface area contributed by atoms with Crippen molar-refractivity contribution in [3.8, 4) is 0 Å². The van der Waals surface area contributed by atoms with Gasteiger partial charge in [-0.2, -0.15) is 0 Å². The molecule has 0 saturated heterocycles. The molecule has 0 unspecified atom stereocenters. The smallest absolute Gasteiger partial charge is 0.251 e. The molecule has 0 atom stereocenters. The molecule has 142 valence electrons. The van der Waals surface area contributed by atoms with Crippen molar-refractivity contribution in [2.24, 2.45) is 0 Å². The number of nitrogens with one attached hydrogen (secondary N) is 3. The highest BCUT2D eigenvalue weighted by Crippen LogP contribution is 2.16. The molecule has 0 aromatic heterocycles. The summed E-state index contributed by atoms with van der Waals surface area (Å²) in [6, 6.07) is 23.2. The molecule has 0 aliphatic heterocycles. The number of carbonyl (C=O) groups excluding carboxylic acids is 1. The Balaban J connectivity index is 1.59. The quantitative estimate of drug-likeness (QED) is 0.535. The van der Waals surface area contributed by atoms with Gasteiger partial charge in [-0.1, -0.05) is 42.5 Å². The first kappa shape index (κ1) is 19.6. The molecule has 0 aliphatic rings. The van der Waals surface area contributed by atoms with Gasteiger partial charge in [0.15, 0.2) is 5.11 Å². The minimum Gasteiger partial charge on any atom is -0.348 e. The predicted molar refractivity (Wildman–Crippen MR) is 120 cm³/mol. The summed E-state index contributed by atoms with van der Waals surface area (Å²) in [6.07, 6.45) is 0. The summed E-state index contributed by atoms with van der Waals surface area (Å²) < 4.78 is 0. The molecule has 3 rings (SSSR count). The molecule has 0 heterocycles. The molecule has 1 amide bonds. The van der Waals surface area contributed by atoms with Crippen LogP contribution in [0.2, 0.25) is 0 Å². The lowest BCUT2D eigenvalue weighted by Gasteiger charge is -2.13. The summed E-state index contributed by atoms with van der Waals surface area (Å²) in [5.41, 5.74) is 5.76. The second kappa shape index (κ2) is 9.15. The molecule has 0 bridgehead atoms. The molecular weight excluding hydrogens is 366 g/mol. The number of amides is 1. The van der Waals surface area contributed by atoms with Crippen LogP contribution in [0.4, 0.5) is 11.4 Å². The summed E-state index contributed by atoms with van der Waals surface area (Å²) >= 11 is 5.40. The first-order valence-electron chi connectivity index (χ1n) is 9.09. The van der Waals surface area contributed by atoms with E-state index in [-0.39, 0.29) is 5.91 Å². The molecule has 3 aromatic rings. The number of thiocarbonyl (C=S) groups is 1. The Hall–Kier alpha value is -3.18. The van der Waals surface area contributed by atoms with E-state index in [9.17, 15) is 4.79 Å². The first-order valence-corrected chi connectivity index (χ1v) is 9.49. The van der Waals surface area contributed by atoms with Crippen molar-refractivity contribution in [2.75, 3.05) is 10.6 Å². The van der Waals surface area contributed by atoms with E-state index in [2.05, 4.69) is 41.9 Å². The van der Waals surface area contributed by atoms with Gasteiger partial charge >= 0.3 is 0 Å². The van der Waals surface area contributed by atoms with Crippen molar-refractivity contribution in [1.82, 2.24) is 5.32 Å². The zero-order valence-corrected chi connectivity index (χ0v) is 16.8. The topological polar surface area (TPSA) is 53.2 Å². The zero-order chi connectivity index (χ0) is 19.9. The van der Waals surface area contributed by atoms with E-state index in [1.807, 2.05) is 48.5 Å². The largest absolute Gasteiger partial charge is 0.348 e. The van der Waals surface area contributed by atoms with Crippen molar-refractivity contribution in [2.45, 2.75) is 20.4 Å². The standard InChI is InChI=1S/C23H23N3OS/c1-16-11-12-21(13-17(16)2)26-23(28)25-20-10-6-9-19(14-20)22(27)24-15-18-7-4-3-5-8-18/h3-14H,15H2,1-2H3,(H,24,27)(H2,25,26,28). The van der Waals surface area contributed by atoms with E-state index in [1.54, 1.807) is 12.1 Å². The summed E-state index contributed by atoms with van der Waals surface area (Å²) in [6.45, 7) is 4.63. The molecule has 28 heavy (non-hydrogen) atoms. The van der Waals surface area contributed by atoms with Crippen LogP contribution in [0.1, 0.15) is 27.0 Å². The second-order valence-corrected chi connectivity index (χ2v) is 7.04. The molecule has 3 aromatic carbocycles. The highest BCUT2D eigenvalue weighted by atomic mass is 32.1. The summed E-state index contributed by atoms with van der Waals surface area (Å²) in [5, 5.41) is 9.72. The number of rotatable bonds is 5. The van der Waals surface area contributed by atoms with Crippen LogP contribution in [-0.4, -0.2) is 11.0 Å². The van der Waals surface area contributed by atoms with E-state index in [0.717, 1.165) is 16.9 Å². The first-order chi connectivity index (χ1) is 13.5. The van der Waals surface area contributed by atoms with Crippen LogP contribution in [0, 0.1) is 13.8 Å². The van der Waals surface area contributed by atoms with Gasteiger partial charge in [0.25, 0.3) is 5.91 Å². The van der Waals surface area contributed by atoms with Gasteiger partial charge in [-0.25, -0.2) is 0 Å². The van der Waals surface area contributed by atoms with Crippen LogP contribution in [0.3, 0.4) is 0 Å². The van der Waals surface area contributed by atoms with Gasteiger partial charge in [-0.05, 0) is 73.1 Å². The molecule has 0 saturated carbocycles. The van der Waals surface area contributed by atoms with Gasteiger partial charge in [0.1, 0.15) is 0 Å². The third kappa shape index (κ3) is 5.41. The fourth-order valence-corrected chi connectivity index (χ4v) is 2.97. The van der Waals surface area contributed by atoms with Gasteiger partial charge in [-0.15, -0.1) is 0 Å². The maximum absolute atomic E-state index is 12.4. The zero-order valence-electron chi connectivity index (χ0n) is 16.0. The molecular formula is C23H23N3OS. The Morgan fingerprint density at radius 2 is 1.54 bits per heavy atom. The van der Waals surface area contributed by atoms with Crippen LogP contribution in [0.15, 0.2) is 72.8 Å². The van der Waals surface area contributed by atoms with Crippen molar-refractivity contribution >= 4 is 34.6 Å². The van der Waals surface area contributed by atoms with Crippen LogP contribution < -0.4 is 16.0 Å². The Morgan fingerprint density at radius 1 is 0.821 bits per heavy atom. The molecule has 3 N–H and O–H groups in total. The van der Waals surface area contributed by atoms with Gasteiger partial charge in [0, 0.05) is 23.5 Å². The van der Waals surface area contributed by atoms with Crippen LogP contribution in [0.5, 0.6) is 0 Å². The second-order valence-electron chi connectivity index (χ2n) is 6.63. The average molecular weight is 390 g/mol. The van der Waals surface area contributed by atoms with E-state index >= 15 is 0 Å². The maximum atomic E-state index is 12.4. The number of anilines is 2. The molecule has 5 heteroatoms. The Morgan fingerprint density at radius 3 is 2.25 bits per heavy atom. The normalized spacial score (nSPS) is 10.2. The summed E-state index contributed by atoms with van der Waals surface area (Å²) in [5.74, 6) is -0.125. The van der Waals surface area contributed by atoms with Crippen LogP contribution >= 0.6 is 12.2 Å². The van der Waals surface area contributed by atoms with E-state index in [1.165, 1.54) is 11.1 Å². The van der Waals surface area contributed by atoms with Gasteiger partial charge in [-0.3, -0.25) is 4.79 Å². The number of hydrogen-bond donors (Lipinski definition) is 3. The summed E-state index contributed by atoms with van der Waals surface area (Å²) in [4.78, 5) is 12.4. The Kier molecular flexibility index (Phi) is 6.40. The van der Waals surface area contributed by atoms with E-state index < -0.39 is 0 Å². The monoisotopic (exact) mass is 389 g/mol. The minimum absolute atomic E-state index is 0.125. The maximum Gasteiger partial charge on any atom is 0.251 e. The van der Waals surface area contributed by atoms with E-state index in [0.29, 0.717) is 17.2 Å². The third-order valence-corrected chi connectivity index (χ3v) is 4.65. The average Bonchev–Trinajstić information content (AvgIpc) is 2.70. The van der Waals surface area contributed by atoms with Gasteiger partial charge < -0.3 is 16.0 Å². The Labute approximate surface area is 171 Å². The Bertz CT molecular complexity index is 986. The molecule has 0 fully saturated rings. The minimum atomic E-state index is -0.125. The van der Waals surface area contributed by atoms with Crippen molar-refractivity contribution in [3.63, 3.8) is 0 Å². The molecule has 0 aliphatic carbocycles. The fourth-order valence-electron chi connectivity index (χ4n) is 2.73. The lowest BCUT2D eigenvalue weighted by atomic mass is 10.1. The van der Waals surface area contributed by atoms with Crippen molar-refractivity contribution in [3.05, 3.63) is 95.1 Å². The lowest BCUT2D eigenvalue weighted by molar-refractivity contribution is 0.0951.